The van der Waals surface area contributed by atoms with Crippen LogP contribution in [0.2, 0.25) is 0 Å². The van der Waals surface area contributed by atoms with Crippen LogP contribution in [0.3, 0.4) is 0 Å². The van der Waals surface area contributed by atoms with Crippen LogP contribution >= 0.6 is 0 Å². The van der Waals surface area contributed by atoms with Gasteiger partial charge >= 0.3 is 12.2 Å². The molecule has 7 rings (SSSR count). The summed E-state index contributed by atoms with van der Waals surface area (Å²) in [7, 11) is 1.32. The lowest BCUT2D eigenvalue weighted by Crippen LogP contribution is -2.39. The summed E-state index contributed by atoms with van der Waals surface area (Å²) >= 11 is 0. The first-order valence-corrected chi connectivity index (χ1v) is 14.9. The van der Waals surface area contributed by atoms with Crippen LogP contribution in [0, 0.1) is 12.7 Å². The van der Waals surface area contributed by atoms with Gasteiger partial charge in [0.1, 0.15) is 34.8 Å². The molecule has 2 aliphatic heterocycles. The molecular weight excluding hydrogens is 622 g/mol. The number of aryl methyl sites for hydroxylation is 1. The number of alkyl halides is 3. The number of halogens is 4. The van der Waals surface area contributed by atoms with Gasteiger partial charge in [0, 0.05) is 29.3 Å². The van der Waals surface area contributed by atoms with E-state index in [4.69, 9.17) is 20.3 Å². The Morgan fingerprint density at radius 2 is 2.02 bits per heavy atom. The molecule has 47 heavy (non-hydrogen) atoms. The number of nitrogens with one attached hydrogen (secondary N) is 2. The van der Waals surface area contributed by atoms with Gasteiger partial charge < -0.3 is 30.5 Å². The van der Waals surface area contributed by atoms with E-state index in [1.165, 1.54) is 26.3 Å². The molecule has 1 fully saturated rings. The highest BCUT2D eigenvalue weighted by atomic mass is 19.4. The highest BCUT2D eigenvalue weighted by molar-refractivity contribution is 6.02. The Morgan fingerprint density at radius 3 is 2.66 bits per heavy atom. The quantitative estimate of drug-likeness (QED) is 0.199. The first-order chi connectivity index (χ1) is 22.4. The van der Waals surface area contributed by atoms with Crippen LogP contribution in [0.25, 0.3) is 33.1 Å². The van der Waals surface area contributed by atoms with Crippen LogP contribution < -0.4 is 25.4 Å². The molecule has 248 valence electrons. The number of aromatic nitrogens is 6. The van der Waals surface area contributed by atoms with Crippen molar-refractivity contribution in [3.8, 4) is 23.1 Å². The molecule has 0 amide bonds. The van der Waals surface area contributed by atoms with Crippen LogP contribution in [0.1, 0.15) is 43.0 Å². The lowest BCUT2D eigenvalue weighted by Gasteiger charge is -2.34. The Morgan fingerprint density at radius 1 is 1.23 bits per heavy atom. The number of methoxy groups -OCH3 is 1. The number of nitrogens with two attached hydrogens (primary N) is 1. The summed E-state index contributed by atoms with van der Waals surface area (Å²) in [6.45, 7) is 6.87. The molecule has 5 aromatic rings. The molecule has 2 aliphatic rings. The van der Waals surface area contributed by atoms with Gasteiger partial charge in [0.2, 0.25) is 5.88 Å². The molecular formula is C31H33F4N9O3. The highest BCUT2D eigenvalue weighted by Gasteiger charge is 2.40. The first kappa shape index (κ1) is 32.1. The average molecular weight is 656 g/mol. The van der Waals surface area contributed by atoms with Crippen LogP contribution in [-0.2, 0) is 6.18 Å². The third-order valence-electron chi connectivity index (χ3n) is 8.31. The van der Waals surface area contributed by atoms with Crippen molar-refractivity contribution in [1.29, 1.82) is 0 Å². The zero-order valence-corrected chi connectivity index (χ0v) is 26.0. The lowest BCUT2D eigenvalue weighted by atomic mass is 9.94. The van der Waals surface area contributed by atoms with E-state index in [2.05, 4.69) is 35.5 Å². The summed E-state index contributed by atoms with van der Waals surface area (Å²) in [4.78, 5) is 19.1. The first-order valence-electron chi connectivity index (χ1n) is 14.9. The van der Waals surface area contributed by atoms with E-state index in [1.807, 2.05) is 24.8 Å². The maximum absolute atomic E-state index is 16.6. The third kappa shape index (κ3) is 5.82. The Balaban J connectivity index is 0.000000580. The second-order valence-corrected chi connectivity index (χ2v) is 11.5. The van der Waals surface area contributed by atoms with E-state index in [0.717, 1.165) is 19.5 Å². The number of aliphatic hydroxyl groups excluding tert-OH is 1. The van der Waals surface area contributed by atoms with Crippen molar-refractivity contribution in [3.05, 3.63) is 53.1 Å². The zero-order valence-electron chi connectivity index (χ0n) is 26.0. The van der Waals surface area contributed by atoms with Crippen molar-refractivity contribution < 1.29 is 32.1 Å². The molecule has 0 saturated carbocycles. The van der Waals surface area contributed by atoms with E-state index in [9.17, 15) is 13.2 Å². The number of β-amino-alcohol motifs (C(OH)–C–C–N with tert-alkyl or cyclic N) is 1. The predicted molar refractivity (Wildman–Crippen MR) is 167 cm³/mol. The van der Waals surface area contributed by atoms with E-state index in [1.54, 1.807) is 12.3 Å². The van der Waals surface area contributed by atoms with Crippen LogP contribution in [0.5, 0.6) is 11.9 Å². The van der Waals surface area contributed by atoms with Gasteiger partial charge in [0.25, 0.3) is 0 Å². The summed E-state index contributed by atoms with van der Waals surface area (Å²) < 4.78 is 71.2. The zero-order chi connectivity index (χ0) is 33.6. The minimum atomic E-state index is -4.82. The number of aromatic amines is 1. The summed E-state index contributed by atoms with van der Waals surface area (Å²) in [6, 6.07) is 3.91. The maximum atomic E-state index is 16.6. The van der Waals surface area contributed by atoms with Crippen LogP contribution in [0.15, 0.2) is 30.6 Å². The van der Waals surface area contributed by atoms with Crippen LogP contribution in [0.4, 0.5) is 29.2 Å². The topological polar surface area (TPSA) is 160 Å². The third-order valence-corrected chi connectivity index (χ3v) is 8.31. The SMILES string of the molecule is COc1nc2c3c(nc(-c4c(C(F)(F)F)c(C)cc5[nH]ncc45)c(F)c3n1)OC[C@H](C)N2C(C)c1cccnc1N.OC1CCNC1. The largest absolute Gasteiger partial charge is 0.475 e. The number of hydrogen-bond donors (Lipinski definition) is 4. The number of pyridine rings is 2. The fourth-order valence-electron chi connectivity index (χ4n) is 6.11. The van der Waals surface area contributed by atoms with E-state index in [-0.39, 0.29) is 58.3 Å². The van der Waals surface area contributed by atoms with Crippen LogP contribution in [-0.4, -0.2) is 74.2 Å². The van der Waals surface area contributed by atoms with E-state index < -0.39 is 34.9 Å². The Kier molecular flexibility index (Phi) is 8.48. The summed E-state index contributed by atoms with van der Waals surface area (Å²) in [5, 5.41) is 18.4. The Bertz CT molecular complexity index is 1950. The minimum absolute atomic E-state index is 0.0476. The molecule has 2 unspecified atom stereocenters. The monoisotopic (exact) mass is 655 g/mol. The van der Waals surface area contributed by atoms with Crippen molar-refractivity contribution in [3.63, 3.8) is 0 Å². The second kappa shape index (κ2) is 12.4. The molecule has 6 heterocycles. The molecule has 12 nitrogen and oxygen atoms in total. The summed E-state index contributed by atoms with van der Waals surface area (Å²) in [6.07, 6.45) is -1.17. The van der Waals surface area contributed by atoms with Gasteiger partial charge in [0.15, 0.2) is 5.82 Å². The van der Waals surface area contributed by atoms with Gasteiger partial charge in [-0.15, -0.1) is 0 Å². The standard InChI is InChI=1S/C27H24F4N8O2.C4H9NO/c1-11-8-16-15(9-34-38-16)17(19(11)27(29,30)31)21-20(28)22-18-24(37-26(36-22)40-4)39(12(2)10-41-25(18)35-21)13(3)14-6-5-7-33-23(14)32;6-4-1-2-5-3-4/h5-9,12-13H,10H2,1-4H3,(H2,32,33)(H,34,38);4-6H,1-3H2/t12-,13?;/m0./s1. The van der Waals surface area contributed by atoms with Gasteiger partial charge in [-0.3, -0.25) is 5.10 Å². The van der Waals surface area contributed by atoms with Gasteiger partial charge in [-0.1, -0.05) is 6.07 Å². The summed E-state index contributed by atoms with van der Waals surface area (Å²) in [5.74, 6) is -0.663. The number of rotatable bonds is 4. The highest BCUT2D eigenvalue weighted by Crippen LogP contribution is 2.47. The molecule has 1 saturated heterocycles. The maximum Gasteiger partial charge on any atom is 0.417 e. The number of anilines is 2. The lowest BCUT2D eigenvalue weighted by molar-refractivity contribution is -0.137. The van der Waals surface area contributed by atoms with E-state index in [0.29, 0.717) is 16.9 Å². The predicted octanol–water partition coefficient (Wildman–Crippen LogP) is 4.71. The number of H-pyrrole nitrogens is 1. The molecule has 0 radical (unpaired) electrons. The molecule has 4 aromatic heterocycles. The summed E-state index contributed by atoms with van der Waals surface area (Å²) in [5.41, 5.74) is 4.65. The molecule has 0 aliphatic carbocycles. The van der Waals surface area contributed by atoms with Gasteiger partial charge in [-0.2, -0.15) is 28.2 Å². The van der Waals surface area contributed by atoms with Gasteiger partial charge in [-0.05, 0) is 51.4 Å². The normalized spacial score (nSPS) is 18.4. The van der Waals surface area contributed by atoms with Gasteiger partial charge in [0.05, 0.1) is 42.6 Å². The Hall–Kier alpha value is -4.83. The van der Waals surface area contributed by atoms with Gasteiger partial charge in [-0.25, -0.2) is 14.4 Å². The second-order valence-electron chi connectivity index (χ2n) is 11.5. The molecule has 0 bridgehead atoms. The number of aliphatic hydroxyl groups is 1. The number of benzene rings is 1. The van der Waals surface area contributed by atoms with Crippen molar-refractivity contribution >= 4 is 33.4 Å². The molecule has 1 aromatic carbocycles. The van der Waals surface area contributed by atoms with Crippen molar-refractivity contribution in [1.82, 2.24) is 35.5 Å². The number of hydrogen-bond acceptors (Lipinski definition) is 11. The molecule has 0 spiro atoms. The smallest absolute Gasteiger partial charge is 0.417 e. The Labute approximate surface area is 266 Å². The van der Waals surface area contributed by atoms with E-state index >= 15 is 4.39 Å². The number of ether oxygens (including phenoxy) is 2. The fourth-order valence-corrected chi connectivity index (χ4v) is 6.11. The molecule has 5 N–H and O–H groups in total. The minimum Gasteiger partial charge on any atom is -0.475 e. The van der Waals surface area contributed by atoms with Crippen molar-refractivity contribution in [2.75, 3.05) is 37.4 Å². The number of nitrogens with zero attached hydrogens (tertiary/aromatic N) is 6. The number of nitrogen functional groups attached to an aromatic ring is 1. The molecule has 16 heteroatoms. The molecule has 3 atom stereocenters. The number of fused-ring (bicyclic) bond motifs is 1. The average Bonchev–Trinajstić information content (AvgIpc) is 3.68. The fraction of sp³-hybridized carbons (Fsp3) is 0.387. The van der Waals surface area contributed by atoms with Crippen molar-refractivity contribution in [2.24, 2.45) is 0 Å². The van der Waals surface area contributed by atoms with Crippen molar-refractivity contribution in [2.45, 2.75) is 51.6 Å².